The highest BCUT2D eigenvalue weighted by molar-refractivity contribution is 14.1. The summed E-state index contributed by atoms with van der Waals surface area (Å²) in [7, 11) is 0. The van der Waals surface area contributed by atoms with E-state index >= 15 is 0 Å². The molecular formula is C10H15IN2O2. The van der Waals surface area contributed by atoms with Crippen LogP contribution in [0.1, 0.15) is 35.4 Å². The molecule has 84 valence electrons. The maximum absolute atomic E-state index is 11.5. The molecule has 0 saturated heterocycles. The van der Waals surface area contributed by atoms with Crippen molar-refractivity contribution in [2.24, 2.45) is 0 Å². The molecule has 0 bridgehead atoms. The highest BCUT2D eigenvalue weighted by Crippen LogP contribution is 2.05. The fourth-order valence-corrected chi connectivity index (χ4v) is 1.75. The van der Waals surface area contributed by atoms with E-state index in [-0.39, 0.29) is 5.91 Å². The predicted molar refractivity (Wildman–Crippen MR) is 66.3 cm³/mol. The van der Waals surface area contributed by atoms with E-state index in [1.807, 2.05) is 0 Å². The van der Waals surface area contributed by atoms with Gasteiger partial charge in [-0.1, -0.05) is 34.2 Å². The molecule has 0 aliphatic carbocycles. The first-order valence-corrected chi connectivity index (χ1v) is 6.53. The molecule has 4 nitrogen and oxygen atoms in total. The monoisotopic (exact) mass is 322 g/mol. The Balaban J connectivity index is 2.22. The van der Waals surface area contributed by atoms with Crippen molar-refractivity contribution in [3.05, 3.63) is 17.5 Å². The molecule has 1 amide bonds. The zero-order valence-corrected chi connectivity index (χ0v) is 10.9. The van der Waals surface area contributed by atoms with E-state index in [4.69, 9.17) is 4.52 Å². The quantitative estimate of drug-likeness (QED) is 0.497. The first-order valence-electron chi connectivity index (χ1n) is 5.01. The van der Waals surface area contributed by atoms with Crippen molar-refractivity contribution in [1.82, 2.24) is 10.5 Å². The molecule has 1 aromatic rings. The molecule has 0 spiro atoms. The van der Waals surface area contributed by atoms with Gasteiger partial charge >= 0.3 is 0 Å². The number of nitrogens with zero attached hydrogens (tertiary/aromatic N) is 1. The minimum absolute atomic E-state index is 0.0942. The van der Waals surface area contributed by atoms with E-state index in [1.54, 1.807) is 6.92 Å². The number of nitrogens with one attached hydrogen (secondary N) is 1. The summed E-state index contributed by atoms with van der Waals surface area (Å²) in [5.41, 5.74) is 0.531. The molecule has 0 aromatic carbocycles. The van der Waals surface area contributed by atoms with Crippen LogP contribution < -0.4 is 5.32 Å². The number of carbonyl (C=O) groups excluding carboxylic acids is 1. The Hall–Kier alpha value is -0.590. The number of rotatable bonds is 6. The molecule has 0 radical (unpaired) electrons. The maximum atomic E-state index is 11.5. The standard InChI is InChI=1S/C10H15IN2O2/c1-8-9(7-13-15-8)10(14)12-6-4-2-3-5-11/h7H,2-6H2,1H3,(H,12,14). The predicted octanol–water partition coefficient (Wildman–Crippen LogP) is 2.32. The third kappa shape index (κ3) is 4.19. The number of hydrogen-bond donors (Lipinski definition) is 1. The molecule has 0 aliphatic rings. The van der Waals surface area contributed by atoms with Gasteiger partial charge in [-0.15, -0.1) is 0 Å². The Morgan fingerprint density at radius 1 is 1.53 bits per heavy atom. The zero-order chi connectivity index (χ0) is 11.1. The van der Waals surface area contributed by atoms with Gasteiger partial charge in [-0.3, -0.25) is 4.79 Å². The van der Waals surface area contributed by atoms with E-state index in [2.05, 4.69) is 33.1 Å². The number of alkyl halides is 1. The largest absolute Gasteiger partial charge is 0.361 e. The molecule has 0 unspecified atom stereocenters. The Kier molecular flexibility index (Phi) is 5.67. The number of aromatic nitrogens is 1. The van der Waals surface area contributed by atoms with Crippen LogP contribution in [0.5, 0.6) is 0 Å². The topological polar surface area (TPSA) is 55.1 Å². The van der Waals surface area contributed by atoms with Gasteiger partial charge < -0.3 is 9.84 Å². The van der Waals surface area contributed by atoms with Crippen LogP contribution in [-0.4, -0.2) is 22.0 Å². The summed E-state index contributed by atoms with van der Waals surface area (Å²) in [4.78, 5) is 11.5. The number of hydrogen-bond acceptors (Lipinski definition) is 3. The average molecular weight is 322 g/mol. The number of aryl methyl sites for hydroxylation is 1. The average Bonchev–Trinajstić information content (AvgIpc) is 2.64. The van der Waals surface area contributed by atoms with Crippen LogP contribution in [0, 0.1) is 6.92 Å². The number of halogens is 1. The Morgan fingerprint density at radius 3 is 2.93 bits per heavy atom. The first kappa shape index (κ1) is 12.5. The fourth-order valence-electron chi connectivity index (χ4n) is 1.21. The Labute approximate surface area is 103 Å². The molecule has 5 heteroatoms. The van der Waals surface area contributed by atoms with Gasteiger partial charge in [-0.2, -0.15) is 0 Å². The first-order chi connectivity index (χ1) is 7.25. The number of carbonyl (C=O) groups is 1. The van der Waals surface area contributed by atoms with Crippen LogP contribution >= 0.6 is 22.6 Å². The van der Waals surface area contributed by atoms with Crippen LogP contribution in [-0.2, 0) is 0 Å². The SMILES string of the molecule is Cc1oncc1C(=O)NCCCCCI. The summed E-state index contributed by atoms with van der Waals surface area (Å²) in [5.74, 6) is 0.475. The Bertz CT molecular complexity index is 312. The lowest BCUT2D eigenvalue weighted by molar-refractivity contribution is 0.0951. The third-order valence-corrected chi connectivity index (χ3v) is 2.85. The van der Waals surface area contributed by atoms with Crippen LogP contribution in [0.2, 0.25) is 0 Å². The van der Waals surface area contributed by atoms with Crippen molar-refractivity contribution in [2.75, 3.05) is 11.0 Å². The fraction of sp³-hybridized carbons (Fsp3) is 0.600. The van der Waals surface area contributed by atoms with Crippen LogP contribution in [0.25, 0.3) is 0 Å². The smallest absolute Gasteiger partial charge is 0.256 e. The summed E-state index contributed by atoms with van der Waals surface area (Å²) in [6, 6.07) is 0. The van der Waals surface area contributed by atoms with Crippen molar-refractivity contribution in [3.8, 4) is 0 Å². The van der Waals surface area contributed by atoms with Crippen LogP contribution in [0.3, 0.4) is 0 Å². The van der Waals surface area contributed by atoms with Crippen molar-refractivity contribution >= 4 is 28.5 Å². The van der Waals surface area contributed by atoms with Gasteiger partial charge in [0.2, 0.25) is 0 Å². The Morgan fingerprint density at radius 2 is 2.33 bits per heavy atom. The summed E-state index contributed by atoms with van der Waals surface area (Å²) >= 11 is 2.36. The lowest BCUT2D eigenvalue weighted by Crippen LogP contribution is -2.24. The third-order valence-electron chi connectivity index (χ3n) is 2.09. The minimum Gasteiger partial charge on any atom is -0.361 e. The van der Waals surface area contributed by atoms with Crippen molar-refractivity contribution < 1.29 is 9.32 Å². The second kappa shape index (κ2) is 6.81. The highest BCUT2D eigenvalue weighted by Gasteiger charge is 2.11. The van der Waals surface area contributed by atoms with E-state index in [0.29, 0.717) is 11.3 Å². The minimum atomic E-state index is -0.0942. The highest BCUT2D eigenvalue weighted by atomic mass is 127. The lowest BCUT2D eigenvalue weighted by atomic mass is 10.2. The number of amides is 1. The van der Waals surface area contributed by atoms with Gasteiger partial charge in [0.1, 0.15) is 11.3 Å². The summed E-state index contributed by atoms with van der Waals surface area (Å²) in [6.45, 7) is 2.46. The molecule has 1 rings (SSSR count). The number of unbranched alkanes of at least 4 members (excludes halogenated alkanes) is 2. The van der Waals surface area contributed by atoms with Gasteiger partial charge in [0, 0.05) is 6.54 Å². The van der Waals surface area contributed by atoms with Gasteiger partial charge in [0.15, 0.2) is 0 Å². The van der Waals surface area contributed by atoms with E-state index in [9.17, 15) is 4.79 Å². The second-order valence-corrected chi connectivity index (χ2v) is 4.38. The molecule has 1 N–H and O–H groups in total. The molecule has 1 aromatic heterocycles. The molecular weight excluding hydrogens is 307 g/mol. The second-order valence-electron chi connectivity index (χ2n) is 3.30. The lowest BCUT2D eigenvalue weighted by Gasteiger charge is -2.02. The van der Waals surface area contributed by atoms with Crippen molar-refractivity contribution in [3.63, 3.8) is 0 Å². The molecule has 1 heterocycles. The van der Waals surface area contributed by atoms with Crippen molar-refractivity contribution in [2.45, 2.75) is 26.2 Å². The van der Waals surface area contributed by atoms with Crippen LogP contribution in [0.15, 0.2) is 10.7 Å². The van der Waals surface area contributed by atoms with E-state index < -0.39 is 0 Å². The van der Waals surface area contributed by atoms with Gasteiger partial charge in [-0.05, 0) is 24.2 Å². The van der Waals surface area contributed by atoms with E-state index in [1.165, 1.54) is 17.0 Å². The summed E-state index contributed by atoms with van der Waals surface area (Å²) in [5, 5.41) is 6.41. The molecule has 0 fully saturated rings. The van der Waals surface area contributed by atoms with Crippen LogP contribution in [0.4, 0.5) is 0 Å². The molecule has 15 heavy (non-hydrogen) atoms. The van der Waals surface area contributed by atoms with Gasteiger partial charge in [-0.25, -0.2) is 0 Å². The molecule has 0 aliphatic heterocycles. The van der Waals surface area contributed by atoms with Gasteiger partial charge in [0.25, 0.3) is 5.91 Å². The maximum Gasteiger partial charge on any atom is 0.256 e. The summed E-state index contributed by atoms with van der Waals surface area (Å²) in [6.07, 6.45) is 4.85. The summed E-state index contributed by atoms with van der Waals surface area (Å²) < 4.78 is 6.00. The zero-order valence-electron chi connectivity index (χ0n) is 8.75. The molecule has 0 saturated carbocycles. The normalized spacial score (nSPS) is 10.3. The van der Waals surface area contributed by atoms with Gasteiger partial charge in [0.05, 0.1) is 6.20 Å². The molecule has 0 atom stereocenters. The van der Waals surface area contributed by atoms with Crippen molar-refractivity contribution in [1.29, 1.82) is 0 Å². The van der Waals surface area contributed by atoms with E-state index in [0.717, 1.165) is 19.4 Å².